The molecule has 0 unspecified atom stereocenters. The summed E-state index contributed by atoms with van der Waals surface area (Å²) in [5.74, 6) is 0.150. The van der Waals surface area contributed by atoms with Crippen molar-refractivity contribution < 1.29 is 9.59 Å². The van der Waals surface area contributed by atoms with Gasteiger partial charge in [0.1, 0.15) is 0 Å². The standard InChI is InChI=1S/C21H26N4O2/c1-14-10-15(2)25(22-14)11-16-4-6-17(7-5-16)21(27)24-12-18-8-9-19(13-24)23(3)20(18)26/h4-7,10,18-19H,8-9,11-13H2,1-3H3/t18-,19+/m1/s1. The number of fused-ring (bicyclic) bond motifs is 4. The molecule has 2 amide bonds. The maximum Gasteiger partial charge on any atom is 0.253 e. The molecule has 0 spiro atoms. The van der Waals surface area contributed by atoms with E-state index in [1.165, 1.54) is 0 Å². The van der Waals surface area contributed by atoms with Crippen molar-refractivity contribution in [1.82, 2.24) is 19.6 Å². The Labute approximate surface area is 159 Å². The number of hydrogen-bond donors (Lipinski definition) is 0. The molecule has 2 aromatic rings. The molecule has 2 atom stereocenters. The summed E-state index contributed by atoms with van der Waals surface area (Å²) >= 11 is 0. The molecule has 2 bridgehead atoms. The molecular weight excluding hydrogens is 340 g/mol. The molecule has 0 aliphatic carbocycles. The van der Waals surface area contributed by atoms with Crippen LogP contribution >= 0.6 is 0 Å². The fourth-order valence-electron chi connectivity index (χ4n) is 4.27. The molecule has 0 saturated carbocycles. The topological polar surface area (TPSA) is 58.4 Å². The number of benzene rings is 1. The van der Waals surface area contributed by atoms with Crippen molar-refractivity contribution in [2.75, 3.05) is 20.1 Å². The Bertz CT molecular complexity index is 871. The molecule has 3 fully saturated rings. The van der Waals surface area contributed by atoms with Crippen LogP contribution in [-0.4, -0.2) is 57.6 Å². The van der Waals surface area contributed by atoms with Gasteiger partial charge in [0.25, 0.3) is 5.91 Å². The minimum atomic E-state index is -0.0528. The predicted molar refractivity (Wildman–Crippen MR) is 102 cm³/mol. The van der Waals surface area contributed by atoms with E-state index in [0.717, 1.165) is 29.8 Å². The number of hydrogen-bond acceptors (Lipinski definition) is 3. The summed E-state index contributed by atoms with van der Waals surface area (Å²) < 4.78 is 1.97. The quantitative estimate of drug-likeness (QED) is 0.837. The summed E-state index contributed by atoms with van der Waals surface area (Å²) in [7, 11) is 1.86. The molecule has 0 N–H and O–H groups in total. The Morgan fingerprint density at radius 1 is 1.15 bits per heavy atom. The highest BCUT2D eigenvalue weighted by atomic mass is 16.2. The van der Waals surface area contributed by atoms with Gasteiger partial charge in [-0.1, -0.05) is 12.1 Å². The van der Waals surface area contributed by atoms with Crippen molar-refractivity contribution in [3.8, 4) is 0 Å². The third-order valence-electron chi connectivity index (χ3n) is 5.89. The molecule has 3 aliphatic heterocycles. The van der Waals surface area contributed by atoms with E-state index in [1.807, 2.05) is 59.6 Å². The number of piperidine rings is 1. The lowest BCUT2D eigenvalue weighted by Gasteiger charge is -2.32. The summed E-state index contributed by atoms with van der Waals surface area (Å²) in [6.45, 7) is 5.89. The second kappa shape index (κ2) is 6.83. The number of carbonyl (C=O) groups excluding carboxylic acids is 2. The molecular formula is C21H26N4O2. The second-order valence-corrected chi connectivity index (χ2v) is 7.87. The summed E-state index contributed by atoms with van der Waals surface area (Å²) in [5, 5.41) is 4.49. The highest BCUT2D eigenvalue weighted by Gasteiger charge is 2.40. The Morgan fingerprint density at radius 3 is 2.56 bits per heavy atom. The average molecular weight is 366 g/mol. The van der Waals surface area contributed by atoms with Crippen molar-refractivity contribution >= 4 is 11.8 Å². The van der Waals surface area contributed by atoms with Crippen LogP contribution < -0.4 is 0 Å². The smallest absolute Gasteiger partial charge is 0.253 e. The minimum absolute atomic E-state index is 0.0210. The lowest BCUT2D eigenvalue weighted by Crippen LogP contribution is -2.45. The van der Waals surface area contributed by atoms with Gasteiger partial charge >= 0.3 is 0 Å². The molecule has 27 heavy (non-hydrogen) atoms. The van der Waals surface area contributed by atoms with Crippen LogP contribution in [0.2, 0.25) is 0 Å². The van der Waals surface area contributed by atoms with Gasteiger partial charge in [0.2, 0.25) is 5.91 Å². The van der Waals surface area contributed by atoms with Gasteiger partial charge in [0, 0.05) is 37.4 Å². The van der Waals surface area contributed by atoms with Crippen LogP contribution in [0.5, 0.6) is 0 Å². The van der Waals surface area contributed by atoms with E-state index in [2.05, 4.69) is 11.2 Å². The minimum Gasteiger partial charge on any atom is -0.341 e. The number of aromatic nitrogens is 2. The van der Waals surface area contributed by atoms with E-state index < -0.39 is 0 Å². The molecule has 4 heterocycles. The number of rotatable bonds is 3. The predicted octanol–water partition coefficient (Wildman–Crippen LogP) is 2.24. The Morgan fingerprint density at radius 2 is 1.89 bits per heavy atom. The number of carbonyl (C=O) groups is 2. The maximum atomic E-state index is 13.0. The monoisotopic (exact) mass is 366 g/mol. The summed E-state index contributed by atoms with van der Waals surface area (Å²) in [6, 6.07) is 9.97. The number of amides is 2. The van der Waals surface area contributed by atoms with Crippen LogP contribution in [0.15, 0.2) is 30.3 Å². The van der Waals surface area contributed by atoms with Crippen LogP contribution in [0.25, 0.3) is 0 Å². The number of aryl methyl sites for hydroxylation is 2. The fraction of sp³-hybridized carbons (Fsp3) is 0.476. The average Bonchev–Trinajstić information content (AvgIpc) is 2.82. The number of likely N-dealkylation sites (N-methyl/N-ethyl adjacent to an activating group) is 1. The highest BCUT2D eigenvalue weighted by Crippen LogP contribution is 2.28. The first-order valence-corrected chi connectivity index (χ1v) is 9.58. The van der Waals surface area contributed by atoms with Gasteiger partial charge < -0.3 is 9.80 Å². The van der Waals surface area contributed by atoms with Gasteiger partial charge in [-0.25, -0.2) is 0 Å². The van der Waals surface area contributed by atoms with Crippen LogP contribution in [0.3, 0.4) is 0 Å². The Balaban J connectivity index is 1.48. The van der Waals surface area contributed by atoms with Crippen molar-refractivity contribution in [2.24, 2.45) is 5.92 Å². The third-order valence-corrected chi connectivity index (χ3v) is 5.89. The zero-order chi connectivity index (χ0) is 19.1. The van der Waals surface area contributed by atoms with Gasteiger partial charge in [0.05, 0.1) is 18.2 Å². The molecule has 6 nitrogen and oxygen atoms in total. The first-order chi connectivity index (χ1) is 12.9. The molecule has 6 heteroatoms. The van der Waals surface area contributed by atoms with Gasteiger partial charge in [-0.05, 0) is 50.5 Å². The van der Waals surface area contributed by atoms with E-state index >= 15 is 0 Å². The van der Waals surface area contributed by atoms with Crippen LogP contribution in [0.1, 0.15) is 40.2 Å². The molecule has 1 aromatic heterocycles. The van der Waals surface area contributed by atoms with Gasteiger partial charge in [-0.3, -0.25) is 14.3 Å². The van der Waals surface area contributed by atoms with Gasteiger partial charge in [-0.15, -0.1) is 0 Å². The molecule has 142 valence electrons. The largest absolute Gasteiger partial charge is 0.341 e. The normalized spacial score (nSPS) is 22.3. The summed E-state index contributed by atoms with van der Waals surface area (Å²) in [5.41, 5.74) is 3.93. The molecule has 3 saturated heterocycles. The van der Waals surface area contributed by atoms with Crippen molar-refractivity contribution in [3.63, 3.8) is 0 Å². The molecule has 3 aliphatic rings. The number of nitrogens with zero attached hydrogens (tertiary/aromatic N) is 4. The summed E-state index contributed by atoms with van der Waals surface area (Å²) in [4.78, 5) is 29.0. The van der Waals surface area contributed by atoms with Crippen molar-refractivity contribution in [2.45, 2.75) is 39.3 Å². The van der Waals surface area contributed by atoms with Crippen molar-refractivity contribution in [3.05, 3.63) is 52.8 Å². The summed E-state index contributed by atoms with van der Waals surface area (Å²) in [6.07, 6.45) is 1.87. The molecule has 5 rings (SSSR count). The molecule has 0 radical (unpaired) electrons. The van der Waals surface area contributed by atoms with Crippen LogP contribution in [0, 0.1) is 19.8 Å². The Hall–Kier alpha value is -2.63. The van der Waals surface area contributed by atoms with E-state index in [4.69, 9.17) is 0 Å². The highest BCUT2D eigenvalue weighted by molar-refractivity contribution is 5.95. The van der Waals surface area contributed by atoms with Crippen LogP contribution in [-0.2, 0) is 11.3 Å². The second-order valence-electron chi connectivity index (χ2n) is 7.87. The van der Waals surface area contributed by atoms with E-state index in [1.54, 1.807) is 0 Å². The van der Waals surface area contributed by atoms with Crippen molar-refractivity contribution in [1.29, 1.82) is 0 Å². The lowest BCUT2D eigenvalue weighted by atomic mass is 9.95. The maximum absolute atomic E-state index is 13.0. The first-order valence-electron chi connectivity index (χ1n) is 9.58. The van der Waals surface area contributed by atoms with Gasteiger partial charge in [-0.2, -0.15) is 5.10 Å². The van der Waals surface area contributed by atoms with E-state index in [0.29, 0.717) is 25.2 Å². The third kappa shape index (κ3) is 3.36. The van der Waals surface area contributed by atoms with Gasteiger partial charge in [0.15, 0.2) is 0 Å². The first kappa shape index (κ1) is 17.8. The Kier molecular flexibility index (Phi) is 4.50. The zero-order valence-corrected chi connectivity index (χ0v) is 16.2. The zero-order valence-electron chi connectivity index (χ0n) is 16.2. The molecule has 1 aromatic carbocycles. The fourth-order valence-corrected chi connectivity index (χ4v) is 4.27. The lowest BCUT2D eigenvalue weighted by molar-refractivity contribution is -0.138. The van der Waals surface area contributed by atoms with E-state index in [9.17, 15) is 9.59 Å². The SMILES string of the molecule is Cc1cc(C)n(Cc2ccc(C(=O)N3C[C@H]4CC[C@@H](C3)N(C)C4=O)cc2)n1. The van der Waals surface area contributed by atoms with E-state index in [-0.39, 0.29) is 23.8 Å². The van der Waals surface area contributed by atoms with Crippen LogP contribution in [0.4, 0.5) is 0 Å².